The highest BCUT2D eigenvalue weighted by molar-refractivity contribution is 5.10. The van der Waals surface area contributed by atoms with Crippen molar-refractivity contribution < 1.29 is 5.11 Å². The van der Waals surface area contributed by atoms with Crippen molar-refractivity contribution in [3.63, 3.8) is 0 Å². The maximum absolute atomic E-state index is 9.12. The van der Waals surface area contributed by atoms with E-state index in [4.69, 9.17) is 5.11 Å². The van der Waals surface area contributed by atoms with Crippen LogP contribution in [0.1, 0.15) is 26.7 Å². The van der Waals surface area contributed by atoms with E-state index in [1.54, 1.807) is 0 Å². The summed E-state index contributed by atoms with van der Waals surface area (Å²) in [6, 6.07) is 0. The molecule has 0 radical (unpaired) electrons. The van der Waals surface area contributed by atoms with Gasteiger partial charge in [-0.15, -0.1) is 0 Å². The third kappa shape index (κ3) is 2.01. The van der Waals surface area contributed by atoms with Gasteiger partial charge in [-0.05, 0) is 51.0 Å². The van der Waals surface area contributed by atoms with Crippen LogP contribution in [-0.4, -0.2) is 23.8 Å². The first-order chi connectivity index (χ1) is 6.61. The number of rotatable bonds is 4. The molecule has 0 aromatic carbocycles. The van der Waals surface area contributed by atoms with E-state index in [1.807, 2.05) is 0 Å². The molecular formula is C12H21NO. The largest absolute Gasteiger partial charge is 0.394 e. The Hall–Kier alpha value is -0.340. The van der Waals surface area contributed by atoms with Gasteiger partial charge in [0.25, 0.3) is 0 Å². The van der Waals surface area contributed by atoms with Gasteiger partial charge >= 0.3 is 0 Å². The summed E-state index contributed by atoms with van der Waals surface area (Å²) in [5, 5.41) is 12.6. The minimum Gasteiger partial charge on any atom is -0.394 e. The SMILES string of the molecule is CC(C)(CO)NC[C@@H]1C[C@H]2C=C[C@H]1C2. The molecule has 3 atom stereocenters. The first-order valence-electron chi connectivity index (χ1n) is 5.65. The average Bonchev–Trinajstić information content (AvgIpc) is 2.76. The van der Waals surface area contributed by atoms with E-state index in [2.05, 4.69) is 31.3 Å². The molecule has 0 amide bonds. The normalized spacial score (nSPS) is 35.5. The molecule has 2 rings (SSSR count). The number of aliphatic hydroxyl groups is 1. The lowest BCUT2D eigenvalue weighted by molar-refractivity contribution is 0.180. The fraction of sp³-hybridized carbons (Fsp3) is 0.833. The van der Waals surface area contributed by atoms with Gasteiger partial charge in [0.1, 0.15) is 0 Å². The van der Waals surface area contributed by atoms with Gasteiger partial charge in [0.2, 0.25) is 0 Å². The average molecular weight is 195 g/mol. The van der Waals surface area contributed by atoms with E-state index >= 15 is 0 Å². The highest BCUT2D eigenvalue weighted by atomic mass is 16.3. The van der Waals surface area contributed by atoms with Crippen molar-refractivity contribution in [1.29, 1.82) is 0 Å². The summed E-state index contributed by atoms with van der Waals surface area (Å²) in [5.74, 6) is 2.46. The minimum atomic E-state index is -0.119. The van der Waals surface area contributed by atoms with Crippen LogP contribution < -0.4 is 5.32 Å². The van der Waals surface area contributed by atoms with E-state index in [1.165, 1.54) is 12.8 Å². The van der Waals surface area contributed by atoms with Crippen molar-refractivity contribution in [3.05, 3.63) is 12.2 Å². The molecule has 1 fully saturated rings. The number of fused-ring (bicyclic) bond motifs is 2. The zero-order valence-electron chi connectivity index (χ0n) is 9.16. The summed E-state index contributed by atoms with van der Waals surface area (Å²) < 4.78 is 0. The number of allylic oxidation sites excluding steroid dienone is 2. The Labute approximate surface area is 86.4 Å². The lowest BCUT2D eigenvalue weighted by Crippen LogP contribution is -2.45. The Morgan fingerprint density at radius 3 is 2.64 bits per heavy atom. The molecule has 2 N–H and O–H groups in total. The molecule has 0 aromatic heterocycles. The molecule has 2 aliphatic rings. The highest BCUT2D eigenvalue weighted by Gasteiger charge is 2.35. The summed E-state index contributed by atoms with van der Waals surface area (Å²) in [7, 11) is 0. The van der Waals surface area contributed by atoms with Crippen LogP contribution >= 0.6 is 0 Å². The van der Waals surface area contributed by atoms with Crippen LogP contribution in [-0.2, 0) is 0 Å². The smallest absolute Gasteiger partial charge is 0.0607 e. The van der Waals surface area contributed by atoms with Crippen LogP contribution in [0.4, 0.5) is 0 Å². The molecule has 0 spiro atoms. The molecule has 2 nitrogen and oxygen atoms in total. The lowest BCUT2D eigenvalue weighted by atomic mass is 9.92. The Morgan fingerprint density at radius 2 is 2.14 bits per heavy atom. The van der Waals surface area contributed by atoms with Crippen LogP contribution in [0.2, 0.25) is 0 Å². The van der Waals surface area contributed by atoms with Crippen LogP contribution in [0.15, 0.2) is 12.2 Å². The van der Waals surface area contributed by atoms with Crippen molar-refractivity contribution in [2.45, 2.75) is 32.2 Å². The van der Waals surface area contributed by atoms with Crippen LogP contribution in [0.25, 0.3) is 0 Å². The molecule has 0 unspecified atom stereocenters. The number of nitrogens with one attached hydrogen (secondary N) is 1. The Bertz CT molecular complexity index is 234. The molecule has 14 heavy (non-hydrogen) atoms. The van der Waals surface area contributed by atoms with E-state index in [9.17, 15) is 0 Å². The highest BCUT2D eigenvalue weighted by Crippen LogP contribution is 2.43. The monoisotopic (exact) mass is 195 g/mol. The van der Waals surface area contributed by atoms with Crippen molar-refractivity contribution in [3.8, 4) is 0 Å². The first-order valence-corrected chi connectivity index (χ1v) is 5.65. The summed E-state index contributed by atoms with van der Waals surface area (Å²) >= 11 is 0. The molecule has 1 saturated carbocycles. The van der Waals surface area contributed by atoms with Gasteiger partial charge in [-0.2, -0.15) is 0 Å². The van der Waals surface area contributed by atoms with Gasteiger partial charge in [0.05, 0.1) is 6.61 Å². The van der Waals surface area contributed by atoms with Gasteiger partial charge in [-0.1, -0.05) is 12.2 Å². The maximum atomic E-state index is 9.12. The van der Waals surface area contributed by atoms with E-state index in [0.717, 1.165) is 24.3 Å². The van der Waals surface area contributed by atoms with Crippen molar-refractivity contribution in [2.24, 2.45) is 17.8 Å². The third-order valence-electron chi connectivity index (χ3n) is 3.65. The molecule has 0 heterocycles. The number of aliphatic hydroxyl groups excluding tert-OH is 1. The van der Waals surface area contributed by atoms with Crippen molar-refractivity contribution >= 4 is 0 Å². The molecule has 80 valence electrons. The molecule has 0 aromatic rings. The topological polar surface area (TPSA) is 32.3 Å². The van der Waals surface area contributed by atoms with E-state index in [-0.39, 0.29) is 12.1 Å². The Morgan fingerprint density at radius 1 is 1.36 bits per heavy atom. The fourth-order valence-corrected chi connectivity index (χ4v) is 2.59. The molecule has 2 aliphatic carbocycles. The minimum absolute atomic E-state index is 0.119. The van der Waals surface area contributed by atoms with Gasteiger partial charge < -0.3 is 10.4 Å². The second-order valence-electron chi connectivity index (χ2n) is 5.46. The molecule has 0 saturated heterocycles. The van der Waals surface area contributed by atoms with Crippen LogP contribution in [0, 0.1) is 17.8 Å². The number of hydrogen-bond donors (Lipinski definition) is 2. The predicted molar refractivity (Wildman–Crippen MR) is 58.0 cm³/mol. The fourth-order valence-electron chi connectivity index (χ4n) is 2.59. The predicted octanol–water partition coefficient (Wildman–Crippen LogP) is 1.56. The standard InChI is InChI=1S/C12H21NO/c1-12(2,8-14)13-7-11-6-9-3-4-10(11)5-9/h3-4,9-11,13-14H,5-8H2,1-2H3/t9-,10-,11-/m0/s1. The van der Waals surface area contributed by atoms with Crippen LogP contribution in [0.5, 0.6) is 0 Å². The van der Waals surface area contributed by atoms with Gasteiger partial charge in [-0.3, -0.25) is 0 Å². The Balaban J connectivity index is 1.80. The first kappa shape index (κ1) is 10.2. The zero-order valence-corrected chi connectivity index (χ0v) is 9.16. The molecule has 2 heteroatoms. The van der Waals surface area contributed by atoms with Gasteiger partial charge in [0, 0.05) is 5.54 Å². The summed E-state index contributed by atoms with van der Waals surface area (Å²) in [5.41, 5.74) is -0.119. The third-order valence-corrected chi connectivity index (χ3v) is 3.65. The summed E-state index contributed by atoms with van der Waals surface area (Å²) in [4.78, 5) is 0. The molecule has 0 aliphatic heterocycles. The second-order valence-corrected chi connectivity index (χ2v) is 5.46. The summed E-state index contributed by atoms with van der Waals surface area (Å²) in [6.07, 6.45) is 7.46. The van der Waals surface area contributed by atoms with Gasteiger partial charge in [-0.25, -0.2) is 0 Å². The second kappa shape index (κ2) is 3.67. The quantitative estimate of drug-likeness (QED) is 0.667. The van der Waals surface area contributed by atoms with Crippen LogP contribution in [0.3, 0.4) is 0 Å². The van der Waals surface area contributed by atoms with Gasteiger partial charge in [0.15, 0.2) is 0 Å². The van der Waals surface area contributed by atoms with E-state index < -0.39 is 0 Å². The molecule has 2 bridgehead atoms. The summed E-state index contributed by atoms with van der Waals surface area (Å²) in [6.45, 7) is 5.37. The number of hydrogen-bond acceptors (Lipinski definition) is 2. The zero-order chi connectivity index (χ0) is 10.2. The molecular weight excluding hydrogens is 174 g/mol. The lowest BCUT2D eigenvalue weighted by Gasteiger charge is -2.27. The van der Waals surface area contributed by atoms with Crippen molar-refractivity contribution in [1.82, 2.24) is 5.32 Å². The van der Waals surface area contributed by atoms with E-state index in [0.29, 0.717) is 0 Å². The van der Waals surface area contributed by atoms with Crippen molar-refractivity contribution in [2.75, 3.05) is 13.2 Å². The maximum Gasteiger partial charge on any atom is 0.0607 e. The Kier molecular flexibility index (Phi) is 2.67.